The van der Waals surface area contributed by atoms with Gasteiger partial charge in [-0.1, -0.05) is 82.9 Å². The number of rotatable bonds is 7. The molecule has 0 radical (unpaired) electrons. The molecule has 6 aromatic carbocycles. The average molecular weight is 547 g/mol. The number of aryl methyl sites for hydroxylation is 4. The number of aldehydes is 1. The molecule has 0 bridgehead atoms. The maximum Gasteiger partial charge on any atom is 0.152 e. The molecule has 0 N–H and O–H groups in total. The topological polar surface area (TPSA) is 23.6 Å². The summed E-state index contributed by atoms with van der Waals surface area (Å²) in [4.78, 5) is 17.2. The van der Waals surface area contributed by atoms with Crippen molar-refractivity contribution in [3.63, 3.8) is 0 Å². The van der Waals surface area contributed by atoms with Crippen LogP contribution in [0, 0.1) is 27.7 Å². The third kappa shape index (κ3) is 5.29. The molecule has 0 fully saturated rings. The van der Waals surface area contributed by atoms with Crippen molar-refractivity contribution in [2.24, 2.45) is 0 Å². The lowest BCUT2D eigenvalue weighted by Crippen LogP contribution is -2.13. The minimum absolute atomic E-state index is 0.664. The standard InChI is InChI=1S/C39H34N2O/c1-27-5-14-32(15-6-27)40(33-16-7-28(2)8-17-33)36-22-23-37-31(25-36)13-24-39(38(37)26-42)41(34-18-9-29(3)10-19-34)35-20-11-30(4)12-21-35/h5-26H,1-4H3. The molecule has 0 aliphatic heterocycles. The zero-order valence-corrected chi connectivity index (χ0v) is 24.5. The highest BCUT2D eigenvalue weighted by Crippen LogP contribution is 2.41. The van der Waals surface area contributed by atoms with E-state index in [9.17, 15) is 4.79 Å². The van der Waals surface area contributed by atoms with Gasteiger partial charge >= 0.3 is 0 Å². The van der Waals surface area contributed by atoms with Crippen LogP contribution in [0.2, 0.25) is 0 Å². The summed E-state index contributed by atoms with van der Waals surface area (Å²) in [5.41, 5.74) is 11.6. The first-order chi connectivity index (χ1) is 20.4. The molecule has 0 atom stereocenters. The lowest BCUT2D eigenvalue weighted by atomic mass is 10.00. The van der Waals surface area contributed by atoms with Crippen LogP contribution >= 0.6 is 0 Å². The maximum absolute atomic E-state index is 12.8. The van der Waals surface area contributed by atoms with Gasteiger partial charge in [-0.15, -0.1) is 0 Å². The van der Waals surface area contributed by atoms with E-state index in [4.69, 9.17) is 0 Å². The third-order valence-corrected chi connectivity index (χ3v) is 7.81. The number of nitrogens with zero attached hydrogens (tertiary/aromatic N) is 2. The van der Waals surface area contributed by atoms with Crippen molar-refractivity contribution >= 4 is 51.2 Å². The number of anilines is 6. The van der Waals surface area contributed by atoms with E-state index in [0.29, 0.717) is 5.56 Å². The van der Waals surface area contributed by atoms with Gasteiger partial charge < -0.3 is 9.80 Å². The number of fused-ring (bicyclic) bond motifs is 1. The number of hydrogen-bond acceptors (Lipinski definition) is 3. The van der Waals surface area contributed by atoms with Crippen LogP contribution in [0.4, 0.5) is 34.1 Å². The van der Waals surface area contributed by atoms with Crippen molar-refractivity contribution in [1.29, 1.82) is 0 Å². The van der Waals surface area contributed by atoms with E-state index in [-0.39, 0.29) is 0 Å². The van der Waals surface area contributed by atoms with Crippen molar-refractivity contribution in [2.45, 2.75) is 27.7 Å². The normalized spacial score (nSPS) is 11.0. The number of carbonyl (C=O) groups is 1. The number of benzene rings is 6. The van der Waals surface area contributed by atoms with Gasteiger partial charge in [0.1, 0.15) is 0 Å². The predicted octanol–water partition coefficient (Wildman–Crippen LogP) is 10.8. The van der Waals surface area contributed by atoms with E-state index >= 15 is 0 Å². The molecule has 0 aliphatic carbocycles. The Morgan fingerprint density at radius 1 is 0.429 bits per heavy atom. The fourth-order valence-corrected chi connectivity index (χ4v) is 5.44. The van der Waals surface area contributed by atoms with Crippen LogP contribution < -0.4 is 9.80 Å². The fourth-order valence-electron chi connectivity index (χ4n) is 5.44. The Hall–Kier alpha value is -5.15. The zero-order valence-electron chi connectivity index (χ0n) is 24.5. The largest absolute Gasteiger partial charge is 0.310 e. The Bertz CT molecular complexity index is 1760. The van der Waals surface area contributed by atoms with E-state index in [2.05, 4.69) is 165 Å². The van der Waals surface area contributed by atoms with Crippen molar-refractivity contribution in [3.8, 4) is 0 Å². The average Bonchev–Trinajstić information content (AvgIpc) is 3.01. The number of carbonyl (C=O) groups excluding carboxylic acids is 1. The summed E-state index contributed by atoms with van der Waals surface area (Å²) in [5, 5.41) is 1.93. The Morgan fingerprint density at radius 2 is 0.810 bits per heavy atom. The molecule has 6 rings (SSSR count). The maximum atomic E-state index is 12.8. The van der Waals surface area contributed by atoms with Gasteiger partial charge in [-0.3, -0.25) is 4.79 Å². The molecule has 0 aromatic heterocycles. The summed E-state index contributed by atoms with van der Waals surface area (Å²) in [7, 11) is 0. The van der Waals surface area contributed by atoms with Gasteiger partial charge in [0.2, 0.25) is 0 Å². The molecular formula is C39H34N2O. The summed E-state index contributed by atoms with van der Waals surface area (Å²) >= 11 is 0. The first-order valence-corrected chi connectivity index (χ1v) is 14.3. The SMILES string of the molecule is Cc1ccc(N(c2ccc(C)cc2)c2ccc3c(C=O)c(N(c4ccc(C)cc4)c4ccc(C)cc4)ccc3c2)cc1. The van der Waals surface area contributed by atoms with Gasteiger partial charge in [-0.05, 0) is 105 Å². The highest BCUT2D eigenvalue weighted by atomic mass is 16.1. The molecule has 6 aromatic rings. The molecule has 0 amide bonds. The lowest BCUT2D eigenvalue weighted by molar-refractivity contribution is 0.112. The first-order valence-electron chi connectivity index (χ1n) is 14.3. The molecular weight excluding hydrogens is 512 g/mol. The quantitative estimate of drug-likeness (QED) is 0.186. The second-order valence-electron chi connectivity index (χ2n) is 11.0. The van der Waals surface area contributed by atoms with Crippen molar-refractivity contribution < 1.29 is 4.79 Å². The highest BCUT2D eigenvalue weighted by molar-refractivity contribution is 6.06. The Morgan fingerprint density at radius 3 is 1.21 bits per heavy atom. The summed E-state index contributed by atoms with van der Waals surface area (Å²) in [6, 6.07) is 44.6. The molecule has 0 aliphatic rings. The minimum atomic E-state index is 0.664. The van der Waals surface area contributed by atoms with Gasteiger partial charge in [0, 0.05) is 34.0 Å². The molecule has 0 saturated heterocycles. The molecule has 0 heterocycles. The molecule has 0 unspecified atom stereocenters. The van der Waals surface area contributed by atoms with Crippen molar-refractivity contribution in [3.05, 3.63) is 155 Å². The molecule has 3 nitrogen and oxygen atoms in total. The van der Waals surface area contributed by atoms with Gasteiger partial charge in [0.15, 0.2) is 6.29 Å². The minimum Gasteiger partial charge on any atom is -0.310 e. The van der Waals surface area contributed by atoms with E-state index < -0.39 is 0 Å². The van der Waals surface area contributed by atoms with Crippen LogP contribution in [0.1, 0.15) is 32.6 Å². The summed E-state index contributed by atoms with van der Waals surface area (Å²) in [6.45, 7) is 8.37. The van der Waals surface area contributed by atoms with E-state index in [0.717, 1.165) is 51.2 Å². The fraction of sp³-hybridized carbons (Fsp3) is 0.103. The van der Waals surface area contributed by atoms with Crippen LogP contribution in [0.3, 0.4) is 0 Å². The lowest BCUT2D eigenvalue weighted by Gasteiger charge is -2.28. The molecule has 42 heavy (non-hydrogen) atoms. The van der Waals surface area contributed by atoms with E-state index in [1.54, 1.807) is 0 Å². The van der Waals surface area contributed by atoms with Gasteiger partial charge in [-0.25, -0.2) is 0 Å². The van der Waals surface area contributed by atoms with Crippen LogP contribution in [0.15, 0.2) is 127 Å². The van der Waals surface area contributed by atoms with Crippen LogP contribution in [0.5, 0.6) is 0 Å². The monoisotopic (exact) mass is 546 g/mol. The Labute approximate surface area is 248 Å². The zero-order chi connectivity index (χ0) is 29.2. The smallest absolute Gasteiger partial charge is 0.152 e. The first kappa shape index (κ1) is 27.0. The van der Waals surface area contributed by atoms with Crippen molar-refractivity contribution in [2.75, 3.05) is 9.80 Å². The molecule has 0 saturated carbocycles. The summed E-state index contributed by atoms with van der Waals surface area (Å²) < 4.78 is 0. The molecule has 0 spiro atoms. The Balaban J connectivity index is 1.51. The third-order valence-electron chi connectivity index (χ3n) is 7.81. The van der Waals surface area contributed by atoms with Gasteiger partial charge in [0.25, 0.3) is 0 Å². The molecule has 206 valence electrons. The van der Waals surface area contributed by atoms with Crippen LogP contribution in [-0.2, 0) is 0 Å². The van der Waals surface area contributed by atoms with E-state index in [1.807, 2.05) is 0 Å². The Kier molecular flexibility index (Phi) is 7.33. The van der Waals surface area contributed by atoms with Crippen LogP contribution in [-0.4, -0.2) is 6.29 Å². The van der Waals surface area contributed by atoms with Crippen molar-refractivity contribution in [1.82, 2.24) is 0 Å². The van der Waals surface area contributed by atoms with E-state index in [1.165, 1.54) is 22.3 Å². The van der Waals surface area contributed by atoms with Crippen LogP contribution in [0.25, 0.3) is 10.8 Å². The highest BCUT2D eigenvalue weighted by Gasteiger charge is 2.19. The molecule has 3 heteroatoms. The number of hydrogen-bond donors (Lipinski definition) is 0. The summed E-state index contributed by atoms with van der Waals surface area (Å²) in [6.07, 6.45) is 0.991. The van der Waals surface area contributed by atoms with Gasteiger partial charge in [-0.2, -0.15) is 0 Å². The summed E-state index contributed by atoms with van der Waals surface area (Å²) in [5.74, 6) is 0. The second-order valence-corrected chi connectivity index (χ2v) is 11.0. The predicted molar refractivity (Wildman–Crippen MR) is 178 cm³/mol. The van der Waals surface area contributed by atoms with Gasteiger partial charge in [0.05, 0.1) is 5.69 Å². The second kappa shape index (κ2) is 11.4.